The molecule has 122 valence electrons. The smallest absolute Gasteiger partial charge is 0.221 e. The highest BCUT2D eigenvalue weighted by Crippen LogP contribution is 2.28. The summed E-state index contributed by atoms with van der Waals surface area (Å²) in [4.78, 5) is 15.7. The van der Waals surface area contributed by atoms with Gasteiger partial charge < -0.3 is 10.6 Å². The lowest BCUT2D eigenvalue weighted by atomic mass is 10.1. The van der Waals surface area contributed by atoms with Gasteiger partial charge in [0.15, 0.2) is 5.13 Å². The number of aryl methyl sites for hydroxylation is 1. The minimum atomic E-state index is -0.0722. The molecule has 0 saturated heterocycles. The predicted octanol–water partition coefficient (Wildman–Crippen LogP) is 5.07. The van der Waals surface area contributed by atoms with Crippen molar-refractivity contribution in [3.05, 3.63) is 59.5 Å². The van der Waals surface area contributed by atoms with Crippen molar-refractivity contribution in [3.63, 3.8) is 0 Å². The van der Waals surface area contributed by atoms with Crippen LogP contribution in [0.4, 0.5) is 16.5 Å². The molecule has 2 N–H and O–H groups in total. The molecule has 0 fully saturated rings. The van der Waals surface area contributed by atoms with Crippen LogP contribution >= 0.6 is 11.3 Å². The van der Waals surface area contributed by atoms with Crippen LogP contribution in [0.1, 0.15) is 19.4 Å². The van der Waals surface area contributed by atoms with Crippen LogP contribution < -0.4 is 10.6 Å². The molecular weight excluding hydrogens is 318 g/mol. The van der Waals surface area contributed by atoms with Crippen LogP contribution in [-0.2, 0) is 11.2 Å². The number of nitrogens with one attached hydrogen (secondary N) is 2. The van der Waals surface area contributed by atoms with Gasteiger partial charge in [-0.05, 0) is 36.2 Å². The minimum absolute atomic E-state index is 0.0722. The van der Waals surface area contributed by atoms with E-state index in [4.69, 9.17) is 0 Å². The Labute approximate surface area is 145 Å². The van der Waals surface area contributed by atoms with Crippen LogP contribution in [0.25, 0.3) is 11.3 Å². The van der Waals surface area contributed by atoms with Gasteiger partial charge in [0.25, 0.3) is 0 Å². The van der Waals surface area contributed by atoms with Gasteiger partial charge in [-0.25, -0.2) is 4.98 Å². The maximum atomic E-state index is 11.1. The van der Waals surface area contributed by atoms with Crippen LogP contribution in [0.15, 0.2) is 53.9 Å². The fraction of sp³-hybridized carbons (Fsp3) is 0.158. The Morgan fingerprint density at radius 3 is 2.33 bits per heavy atom. The van der Waals surface area contributed by atoms with E-state index in [1.54, 1.807) is 11.3 Å². The molecule has 0 unspecified atom stereocenters. The van der Waals surface area contributed by atoms with Crippen LogP contribution in [-0.4, -0.2) is 10.9 Å². The van der Waals surface area contributed by atoms with E-state index >= 15 is 0 Å². The molecule has 3 rings (SSSR count). The molecule has 5 heteroatoms. The normalized spacial score (nSPS) is 10.4. The van der Waals surface area contributed by atoms with E-state index in [-0.39, 0.29) is 5.91 Å². The molecular formula is C19H19N3OS. The first kappa shape index (κ1) is 16.2. The maximum absolute atomic E-state index is 11.1. The van der Waals surface area contributed by atoms with Crippen molar-refractivity contribution in [3.8, 4) is 11.3 Å². The quantitative estimate of drug-likeness (QED) is 0.683. The summed E-state index contributed by atoms with van der Waals surface area (Å²) in [5.74, 6) is -0.0722. The zero-order valence-electron chi connectivity index (χ0n) is 13.7. The average molecular weight is 337 g/mol. The van der Waals surface area contributed by atoms with Gasteiger partial charge in [-0.2, -0.15) is 0 Å². The van der Waals surface area contributed by atoms with Gasteiger partial charge in [0.2, 0.25) is 5.91 Å². The molecule has 0 aliphatic rings. The highest BCUT2D eigenvalue weighted by molar-refractivity contribution is 7.14. The molecule has 0 aliphatic carbocycles. The second-order valence-corrected chi connectivity index (χ2v) is 6.33. The van der Waals surface area contributed by atoms with Crippen LogP contribution in [0, 0.1) is 0 Å². The van der Waals surface area contributed by atoms with E-state index in [0.717, 1.165) is 34.2 Å². The summed E-state index contributed by atoms with van der Waals surface area (Å²) < 4.78 is 0. The van der Waals surface area contributed by atoms with E-state index in [2.05, 4.69) is 46.8 Å². The van der Waals surface area contributed by atoms with Crippen LogP contribution in [0.2, 0.25) is 0 Å². The summed E-state index contributed by atoms with van der Waals surface area (Å²) >= 11 is 1.57. The van der Waals surface area contributed by atoms with Crippen molar-refractivity contribution >= 4 is 33.8 Å². The molecule has 1 aromatic heterocycles. The Morgan fingerprint density at radius 1 is 1.04 bits per heavy atom. The first-order valence-electron chi connectivity index (χ1n) is 7.83. The van der Waals surface area contributed by atoms with Gasteiger partial charge in [-0.3, -0.25) is 4.79 Å². The Balaban J connectivity index is 1.71. The van der Waals surface area contributed by atoms with Gasteiger partial charge in [0.1, 0.15) is 0 Å². The summed E-state index contributed by atoms with van der Waals surface area (Å²) in [6, 6.07) is 16.1. The van der Waals surface area contributed by atoms with E-state index in [1.165, 1.54) is 12.5 Å². The van der Waals surface area contributed by atoms with E-state index in [0.29, 0.717) is 0 Å². The third-order valence-electron chi connectivity index (χ3n) is 3.62. The van der Waals surface area contributed by atoms with Crippen LogP contribution in [0.3, 0.4) is 0 Å². The molecule has 0 aliphatic heterocycles. The zero-order valence-corrected chi connectivity index (χ0v) is 14.5. The first-order chi connectivity index (χ1) is 11.6. The zero-order chi connectivity index (χ0) is 16.9. The van der Waals surface area contributed by atoms with Gasteiger partial charge in [0, 0.05) is 29.2 Å². The van der Waals surface area contributed by atoms with E-state index in [1.807, 2.05) is 29.6 Å². The standard InChI is InChI=1S/C19H19N3OS/c1-3-14-4-8-17(9-5-14)21-19-22-18(12-24-19)15-6-10-16(11-7-15)20-13(2)23/h4-12H,3H2,1-2H3,(H,20,23)(H,21,22). The van der Waals surface area contributed by atoms with Crippen molar-refractivity contribution < 1.29 is 4.79 Å². The molecule has 0 radical (unpaired) electrons. The minimum Gasteiger partial charge on any atom is -0.332 e. The molecule has 24 heavy (non-hydrogen) atoms. The molecule has 0 saturated carbocycles. The summed E-state index contributed by atoms with van der Waals surface area (Å²) in [6.45, 7) is 3.64. The number of carbonyl (C=O) groups excluding carboxylic acids is 1. The molecule has 1 heterocycles. The Kier molecular flexibility index (Phi) is 4.91. The number of rotatable bonds is 5. The molecule has 1 amide bonds. The van der Waals surface area contributed by atoms with Crippen molar-refractivity contribution in [1.82, 2.24) is 4.98 Å². The Hall–Kier alpha value is -2.66. The van der Waals surface area contributed by atoms with Crippen LogP contribution in [0.5, 0.6) is 0 Å². The number of amides is 1. The lowest BCUT2D eigenvalue weighted by molar-refractivity contribution is -0.114. The largest absolute Gasteiger partial charge is 0.332 e. The number of thiazole rings is 1. The number of benzene rings is 2. The number of anilines is 3. The Bertz CT molecular complexity index is 823. The highest BCUT2D eigenvalue weighted by atomic mass is 32.1. The summed E-state index contributed by atoms with van der Waals surface area (Å²) in [7, 11) is 0. The van der Waals surface area contributed by atoms with Gasteiger partial charge in [-0.15, -0.1) is 11.3 Å². The third kappa shape index (κ3) is 4.00. The predicted molar refractivity (Wildman–Crippen MR) is 101 cm³/mol. The molecule has 4 nitrogen and oxygen atoms in total. The average Bonchev–Trinajstić information content (AvgIpc) is 3.04. The fourth-order valence-electron chi connectivity index (χ4n) is 2.34. The highest BCUT2D eigenvalue weighted by Gasteiger charge is 2.05. The maximum Gasteiger partial charge on any atom is 0.221 e. The lowest BCUT2D eigenvalue weighted by Gasteiger charge is -2.04. The topological polar surface area (TPSA) is 54.0 Å². The number of hydrogen-bond donors (Lipinski definition) is 2. The van der Waals surface area contributed by atoms with E-state index < -0.39 is 0 Å². The summed E-state index contributed by atoms with van der Waals surface area (Å²) in [5, 5.41) is 8.98. The van der Waals surface area contributed by atoms with Crippen molar-refractivity contribution in [1.29, 1.82) is 0 Å². The van der Waals surface area contributed by atoms with Gasteiger partial charge >= 0.3 is 0 Å². The fourth-order valence-corrected chi connectivity index (χ4v) is 3.08. The Morgan fingerprint density at radius 2 is 1.71 bits per heavy atom. The second-order valence-electron chi connectivity index (χ2n) is 5.47. The summed E-state index contributed by atoms with van der Waals surface area (Å²) in [5.41, 5.74) is 5.08. The van der Waals surface area contributed by atoms with Crippen molar-refractivity contribution in [2.45, 2.75) is 20.3 Å². The molecule has 3 aromatic rings. The second kappa shape index (κ2) is 7.27. The number of carbonyl (C=O) groups is 1. The van der Waals surface area contributed by atoms with Gasteiger partial charge in [-0.1, -0.05) is 31.2 Å². The molecule has 0 spiro atoms. The van der Waals surface area contributed by atoms with Crippen molar-refractivity contribution in [2.24, 2.45) is 0 Å². The van der Waals surface area contributed by atoms with Gasteiger partial charge in [0.05, 0.1) is 5.69 Å². The summed E-state index contributed by atoms with van der Waals surface area (Å²) in [6.07, 6.45) is 1.04. The lowest BCUT2D eigenvalue weighted by Crippen LogP contribution is -2.05. The third-order valence-corrected chi connectivity index (χ3v) is 4.38. The first-order valence-corrected chi connectivity index (χ1v) is 8.71. The number of aromatic nitrogens is 1. The number of nitrogens with zero attached hydrogens (tertiary/aromatic N) is 1. The van der Waals surface area contributed by atoms with E-state index in [9.17, 15) is 4.79 Å². The molecule has 0 bridgehead atoms. The molecule has 2 aromatic carbocycles. The van der Waals surface area contributed by atoms with Crippen molar-refractivity contribution in [2.75, 3.05) is 10.6 Å². The monoisotopic (exact) mass is 337 g/mol. The molecule has 0 atom stereocenters. The SMILES string of the molecule is CCc1ccc(Nc2nc(-c3ccc(NC(C)=O)cc3)cs2)cc1. The number of hydrogen-bond acceptors (Lipinski definition) is 4.